The molecular weight excluding hydrogens is 288 g/mol. The summed E-state index contributed by atoms with van der Waals surface area (Å²) >= 11 is 0. The Kier molecular flexibility index (Phi) is 4.19. The molecule has 5 nitrogen and oxygen atoms in total. The largest absolute Gasteiger partial charge is 0.352 e. The summed E-state index contributed by atoms with van der Waals surface area (Å²) in [5.74, 6) is 0.965. The number of nitrogens with one attached hydrogen (secondary N) is 1. The van der Waals surface area contributed by atoms with Crippen LogP contribution in [-0.2, 0) is 0 Å². The summed E-state index contributed by atoms with van der Waals surface area (Å²) in [7, 11) is 1.84. The van der Waals surface area contributed by atoms with Crippen molar-refractivity contribution in [1.29, 1.82) is 0 Å². The lowest BCUT2D eigenvalue weighted by Crippen LogP contribution is -2.60. The standard InChI is InChI=1S/C18H22N4O/c1-13-7-8-15(10-14(13)2)20-18(23)21(3)16-11-22(12-16)17-6-4-5-9-19-17/h4-10,16H,11-12H2,1-3H3,(H,20,23). The third-order valence-corrected chi connectivity index (χ3v) is 4.46. The van der Waals surface area contributed by atoms with Gasteiger partial charge in [0, 0.05) is 32.0 Å². The van der Waals surface area contributed by atoms with Crippen molar-refractivity contribution in [3.05, 3.63) is 53.7 Å². The molecule has 0 atom stereocenters. The molecule has 1 N–H and O–H groups in total. The van der Waals surface area contributed by atoms with Gasteiger partial charge in [-0.15, -0.1) is 0 Å². The maximum atomic E-state index is 12.4. The van der Waals surface area contributed by atoms with E-state index in [1.165, 1.54) is 11.1 Å². The van der Waals surface area contributed by atoms with E-state index in [-0.39, 0.29) is 12.1 Å². The minimum absolute atomic E-state index is 0.0704. The van der Waals surface area contributed by atoms with E-state index in [1.54, 1.807) is 11.1 Å². The van der Waals surface area contributed by atoms with Gasteiger partial charge in [0.1, 0.15) is 5.82 Å². The van der Waals surface area contributed by atoms with Crippen LogP contribution in [0.15, 0.2) is 42.6 Å². The van der Waals surface area contributed by atoms with Gasteiger partial charge in [0.15, 0.2) is 0 Å². The van der Waals surface area contributed by atoms with Crippen LogP contribution in [0.2, 0.25) is 0 Å². The zero-order valence-corrected chi connectivity index (χ0v) is 13.8. The summed E-state index contributed by atoms with van der Waals surface area (Å²) in [6.07, 6.45) is 1.79. The zero-order chi connectivity index (χ0) is 16.4. The Morgan fingerprint density at radius 1 is 1.22 bits per heavy atom. The van der Waals surface area contributed by atoms with E-state index >= 15 is 0 Å². The Morgan fingerprint density at radius 2 is 2.00 bits per heavy atom. The molecular formula is C18H22N4O. The van der Waals surface area contributed by atoms with Gasteiger partial charge < -0.3 is 15.1 Å². The maximum absolute atomic E-state index is 12.4. The highest BCUT2D eigenvalue weighted by molar-refractivity contribution is 5.89. The van der Waals surface area contributed by atoms with Crippen molar-refractivity contribution in [2.75, 3.05) is 30.4 Å². The van der Waals surface area contributed by atoms with Crippen molar-refractivity contribution in [1.82, 2.24) is 9.88 Å². The lowest BCUT2D eigenvalue weighted by Gasteiger charge is -2.44. The summed E-state index contributed by atoms with van der Waals surface area (Å²) < 4.78 is 0. The lowest BCUT2D eigenvalue weighted by molar-refractivity contribution is 0.191. The Labute approximate surface area is 136 Å². The van der Waals surface area contributed by atoms with Crippen molar-refractivity contribution >= 4 is 17.5 Å². The quantitative estimate of drug-likeness (QED) is 0.948. The van der Waals surface area contributed by atoms with Gasteiger partial charge in [-0.2, -0.15) is 0 Å². The molecule has 3 rings (SSSR count). The molecule has 0 saturated carbocycles. The molecule has 5 heteroatoms. The van der Waals surface area contributed by atoms with Gasteiger partial charge in [-0.25, -0.2) is 9.78 Å². The molecule has 0 bridgehead atoms. The van der Waals surface area contributed by atoms with Crippen LogP contribution in [0.3, 0.4) is 0 Å². The van der Waals surface area contributed by atoms with Crippen LogP contribution in [0.25, 0.3) is 0 Å². The van der Waals surface area contributed by atoms with Crippen LogP contribution in [0, 0.1) is 13.8 Å². The highest BCUT2D eigenvalue weighted by Crippen LogP contribution is 2.21. The summed E-state index contributed by atoms with van der Waals surface area (Å²) in [4.78, 5) is 20.6. The second-order valence-corrected chi connectivity index (χ2v) is 6.09. The fourth-order valence-electron chi connectivity index (χ4n) is 2.62. The molecule has 2 heterocycles. The molecule has 1 saturated heterocycles. The Morgan fingerprint density at radius 3 is 2.65 bits per heavy atom. The van der Waals surface area contributed by atoms with Gasteiger partial charge in [-0.1, -0.05) is 12.1 Å². The minimum atomic E-state index is -0.0704. The number of rotatable bonds is 3. The van der Waals surface area contributed by atoms with Crippen LogP contribution in [0.4, 0.5) is 16.3 Å². The molecule has 1 aromatic carbocycles. The number of hydrogen-bond donors (Lipinski definition) is 1. The first kappa shape index (κ1) is 15.3. The number of pyridine rings is 1. The zero-order valence-electron chi connectivity index (χ0n) is 13.8. The van der Waals surface area contributed by atoms with E-state index in [4.69, 9.17) is 0 Å². The van der Waals surface area contributed by atoms with E-state index in [0.717, 1.165) is 24.6 Å². The number of amides is 2. The number of anilines is 2. The monoisotopic (exact) mass is 310 g/mol. The summed E-state index contributed by atoms with van der Waals surface area (Å²) in [6.45, 7) is 5.74. The lowest BCUT2D eigenvalue weighted by atomic mass is 10.1. The third-order valence-electron chi connectivity index (χ3n) is 4.46. The molecule has 1 aliphatic heterocycles. The maximum Gasteiger partial charge on any atom is 0.321 e. The van der Waals surface area contributed by atoms with E-state index in [9.17, 15) is 4.79 Å². The van der Waals surface area contributed by atoms with Crippen LogP contribution in [0.5, 0.6) is 0 Å². The molecule has 0 radical (unpaired) electrons. The van der Waals surface area contributed by atoms with Gasteiger partial charge in [0.05, 0.1) is 6.04 Å². The highest BCUT2D eigenvalue weighted by atomic mass is 16.2. The fourth-order valence-corrected chi connectivity index (χ4v) is 2.62. The van der Waals surface area contributed by atoms with Crippen molar-refractivity contribution in [3.8, 4) is 0 Å². The first-order chi connectivity index (χ1) is 11.0. The van der Waals surface area contributed by atoms with Crippen LogP contribution >= 0.6 is 0 Å². The highest BCUT2D eigenvalue weighted by Gasteiger charge is 2.33. The predicted octanol–water partition coefficient (Wildman–Crippen LogP) is 3.05. The van der Waals surface area contributed by atoms with Gasteiger partial charge >= 0.3 is 6.03 Å². The normalized spacial score (nSPS) is 14.3. The second kappa shape index (κ2) is 6.28. The molecule has 0 unspecified atom stereocenters. The summed E-state index contributed by atoms with van der Waals surface area (Å²) in [5, 5.41) is 2.97. The van der Waals surface area contributed by atoms with Crippen molar-refractivity contribution < 1.29 is 4.79 Å². The SMILES string of the molecule is Cc1ccc(NC(=O)N(C)C2CN(c3ccccn3)C2)cc1C. The summed E-state index contributed by atoms with van der Waals surface area (Å²) in [5.41, 5.74) is 3.24. The minimum Gasteiger partial charge on any atom is -0.352 e. The van der Waals surface area contributed by atoms with Crippen LogP contribution in [0.1, 0.15) is 11.1 Å². The molecule has 0 aliphatic carbocycles. The summed E-state index contributed by atoms with van der Waals surface area (Å²) in [6, 6.07) is 12.0. The number of carbonyl (C=O) groups is 1. The van der Waals surface area contributed by atoms with E-state index in [2.05, 4.69) is 22.1 Å². The van der Waals surface area contributed by atoms with Crippen molar-refractivity contribution in [3.63, 3.8) is 0 Å². The number of aromatic nitrogens is 1. The molecule has 1 fully saturated rings. The van der Waals surface area contributed by atoms with Crippen molar-refractivity contribution in [2.24, 2.45) is 0 Å². The van der Waals surface area contributed by atoms with Crippen LogP contribution < -0.4 is 10.2 Å². The van der Waals surface area contributed by atoms with Gasteiger partial charge in [0.2, 0.25) is 0 Å². The van der Waals surface area contributed by atoms with E-state index < -0.39 is 0 Å². The number of hydrogen-bond acceptors (Lipinski definition) is 3. The fraction of sp³-hybridized carbons (Fsp3) is 0.333. The Bertz CT molecular complexity index is 695. The third kappa shape index (κ3) is 3.28. The number of likely N-dealkylation sites (N-methyl/N-ethyl adjacent to an activating group) is 1. The predicted molar refractivity (Wildman–Crippen MR) is 92.9 cm³/mol. The molecule has 2 aromatic rings. The number of nitrogens with zero attached hydrogens (tertiary/aromatic N) is 3. The molecule has 120 valence electrons. The average Bonchev–Trinajstić information content (AvgIpc) is 2.50. The molecule has 1 aliphatic rings. The molecule has 2 amide bonds. The topological polar surface area (TPSA) is 48.5 Å². The average molecular weight is 310 g/mol. The van der Waals surface area contributed by atoms with Gasteiger partial charge in [-0.3, -0.25) is 0 Å². The number of aryl methyl sites for hydroxylation is 2. The molecule has 1 aromatic heterocycles. The molecule has 23 heavy (non-hydrogen) atoms. The Balaban J connectivity index is 1.55. The first-order valence-corrected chi connectivity index (χ1v) is 7.81. The van der Waals surface area contributed by atoms with E-state index in [0.29, 0.717) is 0 Å². The van der Waals surface area contributed by atoms with Gasteiger partial charge in [-0.05, 0) is 49.2 Å². The van der Waals surface area contributed by atoms with Crippen molar-refractivity contribution in [2.45, 2.75) is 19.9 Å². The Hall–Kier alpha value is -2.56. The first-order valence-electron chi connectivity index (χ1n) is 7.81. The van der Waals surface area contributed by atoms with Gasteiger partial charge in [0.25, 0.3) is 0 Å². The number of benzene rings is 1. The van der Waals surface area contributed by atoms with E-state index in [1.807, 2.05) is 50.4 Å². The number of urea groups is 1. The second-order valence-electron chi connectivity index (χ2n) is 6.09. The van der Waals surface area contributed by atoms with Crippen LogP contribution in [-0.4, -0.2) is 42.1 Å². The number of carbonyl (C=O) groups excluding carboxylic acids is 1. The molecule has 0 spiro atoms. The smallest absolute Gasteiger partial charge is 0.321 e.